The highest BCUT2D eigenvalue weighted by molar-refractivity contribution is 7.80. The second kappa shape index (κ2) is 4.74. The van der Waals surface area contributed by atoms with Gasteiger partial charge in [-0.1, -0.05) is 23.8 Å². The van der Waals surface area contributed by atoms with E-state index < -0.39 is 0 Å². The molecule has 2 rings (SSSR count). The van der Waals surface area contributed by atoms with E-state index in [1.165, 1.54) is 5.57 Å². The standard InChI is InChI=1S/C13H15NOS/c1-10-5-4-8-14(9-10)13(15)11-6-2-3-7-12(11)16/h2-3,5-7,16H,4,8-9H2,1H3. The van der Waals surface area contributed by atoms with Crippen LogP contribution >= 0.6 is 12.6 Å². The maximum absolute atomic E-state index is 12.2. The van der Waals surface area contributed by atoms with Crippen LogP contribution in [0.2, 0.25) is 0 Å². The molecule has 0 spiro atoms. The van der Waals surface area contributed by atoms with E-state index in [-0.39, 0.29) is 5.91 Å². The summed E-state index contributed by atoms with van der Waals surface area (Å²) in [5.74, 6) is 0.0815. The van der Waals surface area contributed by atoms with Crippen molar-refractivity contribution in [3.63, 3.8) is 0 Å². The van der Waals surface area contributed by atoms with Crippen LogP contribution < -0.4 is 0 Å². The van der Waals surface area contributed by atoms with Gasteiger partial charge >= 0.3 is 0 Å². The Balaban J connectivity index is 2.20. The number of nitrogens with zero attached hydrogens (tertiary/aromatic N) is 1. The molecule has 3 heteroatoms. The van der Waals surface area contributed by atoms with Crippen LogP contribution in [0.5, 0.6) is 0 Å². The normalized spacial score (nSPS) is 15.9. The van der Waals surface area contributed by atoms with Crippen LogP contribution in [0, 0.1) is 0 Å². The van der Waals surface area contributed by atoms with Crippen LogP contribution in [0.15, 0.2) is 40.8 Å². The van der Waals surface area contributed by atoms with Gasteiger partial charge < -0.3 is 4.90 Å². The third-order valence-corrected chi connectivity index (χ3v) is 3.14. The summed E-state index contributed by atoms with van der Waals surface area (Å²) in [4.78, 5) is 14.8. The van der Waals surface area contributed by atoms with Crippen molar-refractivity contribution in [2.24, 2.45) is 0 Å². The largest absolute Gasteiger partial charge is 0.334 e. The summed E-state index contributed by atoms with van der Waals surface area (Å²) in [6.07, 6.45) is 3.14. The lowest BCUT2D eigenvalue weighted by Gasteiger charge is -2.26. The van der Waals surface area contributed by atoms with Crippen LogP contribution in [-0.4, -0.2) is 23.9 Å². The molecular formula is C13H15NOS. The zero-order valence-corrected chi connectivity index (χ0v) is 10.2. The second-order valence-electron chi connectivity index (χ2n) is 4.08. The van der Waals surface area contributed by atoms with Gasteiger partial charge in [0.05, 0.1) is 5.56 Å². The van der Waals surface area contributed by atoms with Crippen LogP contribution in [-0.2, 0) is 0 Å². The number of hydrogen-bond acceptors (Lipinski definition) is 2. The van der Waals surface area contributed by atoms with E-state index in [4.69, 9.17) is 0 Å². The second-order valence-corrected chi connectivity index (χ2v) is 4.56. The molecule has 0 saturated carbocycles. The van der Waals surface area contributed by atoms with Gasteiger partial charge in [0.1, 0.15) is 0 Å². The van der Waals surface area contributed by atoms with Crippen LogP contribution in [0.3, 0.4) is 0 Å². The van der Waals surface area contributed by atoms with Crippen molar-refractivity contribution in [1.82, 2.24) is 4.90 Å². The third-order valence-electron chi connectivity index (χ3n) is 2.75. The summed E-state index contributed by atoms with van der Waals surface area (Å²) in [6.45, 7) is 3.60. The van der Waals surface area contributed by atoms with Gasteiger partial charge in [0.2, 0.25) is 0 Å². The minimum Gasteiger partial charge on any atom is -0.334 e. The fourth-order valence-corrected chi connectivity index (χ4v) is 2.17. The maximum Gasteiger partial charge on any atom is 0.255 e. The lowest BCUT2D eigenvalue weighted by atomic mass is 10.1. The first-order valence-electron chi connectivity index (χ1n) is 5.41. The van der Waals surface area contributed by atoms with Crippen LogP contribution in [0.1, 0.15) is 23.7 Å². The average molecular weight is 233 g/mol. The summed E-state index contributed by atoms with van der Waals surface area (Å²) in [7, 11) is 0. The zero-order valence-electron chi connectivity index (χ0n) is 9.31. The Bertz CT molecular complexity index is 439. The molecule has 1 heterocycles. The molecule has 1 aliphatic heterocycles. The maximum atomic E-state index is 12.2. The van der Waals surface area contributed by atoms with Crippen molar-refractivity contribution in [1.29, 1.82) is 0 Å². The molecule has 0 unspecified atom stereocenters. The predicted octanol–water partition coefficient (Wildman–Crippen LogP) is 2.77. The first-order chi connectivity index (χ1) is 7.68. The summed E-state index contributed by atoms with van der Waals surface area (Å²) in [6, 6.07) is 7.45. The molecule has 0 atom stereocenters. The van der Waals surface area contributed by atoms with E-state index in [1.807, 2.05) is 29.2 Å². The van der Waals surface area contributed by atoms with E-state index in [0.29, 0.717) is 5.56 Å². The first kappa shape index (κ1) is 11.3. The predicted molar refractivity (Wildman–Crippen MR) is 68.0 cm³/mol. The summed E-state index contributed by atoms with van der Waals surface area (Å²) in [5.41, 5.74) is 1.96. The molecule has 2 nitrogen and oxygen atoms in total. The number of carbonyl (C=O) groups is 1. The Morgan fingerprint density at radius 3 is 2.81 bits per heavy atom. The molecule has 0 fully saturated rings. The minimum atomic E-state index is 0.0815. The van der Waals surface area contributed by atoms with Gasteiger partial charge in [0, 0.05) is 18.0 Å². The lowest BCUT2D eigenvalue weighted by molar-refractivity contribution is 0.0762. The van der Waals surface area contributed by atoms with E-state index in [9.17, 15) is 4.79 Å². The summed E-state index contributed by atoms with van der Waals surface area (Å²) < 4.78 is 0. The molecule has 1 aromatic carbocycles. The van der Waals surface area contributed by atoms with E-state index >= 15 is 0 Å². The van der Waals surface area contributed by atoms with Gasteiger partial charge in [-0.05, 0) is 25.5 Å². The number of amides is 1. The van der Waals surface area contributed by atoms with Crippen LogP contribution in [0.4, 0.5) is 0 Å². The molecule has 1 aromatic rings. The highest BCUT2D eigenvalue weighted by Crippen LogP contribution is 2.18. The Labute approximate surface area is 101 Å². The number of thiol groups is 1. The van der Waals surface area contributed by atoms with Gasteiger partial charge in [-0.25, -0.2) is 0 Å². The molecule has 0 N–H and O–H groups in total. The van der Waals surface area contributed by atoms with Crippen molar-refractivity contribution in [3.8, 4) is 0 Å². The van der Waals surface area contributed by atoms with Crippen LogP contribution in [0.25, 0.3) is 0 Å². The van der Waals surface area contributed by atoms with Gasteiger partial charge in [-0.3, -0.25) is 4.79 Å². The summed E-state index contributed by atoms with van der Waals surface area (Å²) >= 11 is 4.32. The Kier molecular flexibility index (Phi) is 3.34. The van der Waals surface area contributed by atoms with Gasteiger partial charge in [0.15, 0.2) is 0 Å². The third kappa shape index (κ3) is 2.30. The zero-order chi connectivity index (χ0) is 11.5. The average Bonchev–Trinajstić information content (AvgIpc) is 2.29. The van der Waals surface area contributed by atoms with Crippen molar-refractivity contribution in [3.05, 3.63) is 41.5 Å². The molecule has 0 saturated heterocycles. The van der Waals surface area contributed by atoms with Crippen molar-refractivity contribution in [2.75, 3.05) is 13.1 Å². The van der Waals surface area contributed by atoms with Crippen molar-refractivity contribution < 1.29 is 4.79 Å². The molecule has 1 amide bonds. The minimum absolute atomic E-state index is 0.0815. The molecule has 1 aliphatic rings. The summed E-state index contributed by atoms with van der Waals surface area (Å²) in [5, 5.41) is 0. The molecule has 84 valence electrons. The van der Waals surface area contributed by atoms with Crippen molar-refractivity contribution in [2.45, 2.75) is 18.2 Å². The molecule has 0 radical (unpaired) electrons. The smallest absolute Gasteiger partial charge is 0.255 e. The molecule has 16 heavy (non-hydrogen) atoms. The Morgan fingerprint density at radius 1 is 1.38 bits per heavy atom. The lowest BCUT2D eigenvalue weighted by Crippen LogP contribution is -2.35. The fourth-order valence-electron chi connectivity index (χ4n) is 1.91. The SMILES string of the molecule is CC1=CCCN(C(=O)c2ccccc2S)C1. The van der Waals surface area contributed by atoms with Crippen molar-refractivity contribution >= 4 is 18.5 Å². The first-order valence-corrected chi connectivity index (χ1v) is 5.86. The highest BCUT2D eigenvalue weighted by atomic mass is 32.1. The number of hydrogen-bond donors (Lipinski definition) is 1. The molecular weight excluding hydrogens is 218 g/mol. The number of rotatable bonds is 1. The number of benzene rings is 1. The fraction of sp³-hybridized carbons (Fsp3) is 0.308. The number of carbonyl (C=O) groups excluding carboxylic acids is 1. The highest BCUT2D eigenvalue weighted by Gasteiger charge is 2.19. The quantitative estimate of drug-likeness (QED) is 0.584. The van der Waals surface area contributed by atoms with E-state index in [2.05, 4.69) is 25.6 Å². The van der Waals surface area contributed by atoms with Gasteiger partial charge in [-0.15, -0.1) is 12.6 Å². The molecule has 0 aliphatic carbocycles. The molecule has 0 aromatic heterocycles. The van der Waals surface area contributed by atoms with E-state index in [0.717, 1.165) is 24.4 Å². The van der Waals surface area contributed by atoms with E-state index in [1.54, 1.807) is 0 Å². The monoisotopic (exact) mass is 233 g/mol. The Hall–Kier alpha value is -1.22. The topological polar surface area (TPSA) is 20.3 Å². The van der Waals surface area contributed by atoms with Gasteiger partial charge in [0.25, 0.3) is 5.91 Å². The Morgan fingerprint density at radius 2 is 2.12 bits per heavy atom. The van der Waals surface area contributed by atoms with Gasteiger partial charge in [-0.2, -0.15) is 0 Å². The molecule has 0 bridgehead atoms.